The van der Waals surface area contributed by atoms with E-state index in [-0.39, 0.29) is 17.1 Å². The van der Waals surface area contributed by atoms with Crippen molar-refractivity contribution in [1.29, 1.82) is 0 Å². The average molecular weight is 299 g/mol. The lowest BCUT2D eigenvalue weighted by Gasteiger charge is -2.34. The Labute approximate surface area is 120 Å². The third-order valence-electron chi connectivity index (χ3n) is 3.11. The number of sulfonamides is 1. The normalized spacial score (nSPS) is 24.6. The number of morpholine rings is 1. The predicted molar refractivity (Wildman–Crippen MR) is 77.2 cm³/mol. The second-order valence-corrected chi connectivity index (χ2v) is 6.92. The number of rotatable bonds is 4. The van der Waals surface area contributed by atoms with Gasteiger partial charge in [0.1, 0.15) is 5.82 Å². The summed E-state index contributed by atoms with van der Waals surface area (Å²) in [4.78, 5) is 4.37. The van der Waals surface area contributed by atoms with Crippen molar-refractivity contribution >= 4 is 15.8 Å². The number of nitrogens with one attached hydrogen (secondary N) is 1. The second-order valence-electron chi connectivity index (χ2n) is 4.99. The molecule has 1 saturated heterocycles. The molecule has 0 saturated carbocycles. The summed E-state index contributed by atoms with van der Waals surface area (Å²) in [5.74, 6) is 0.572. The minimum atomic E-state index is -3.50. The summed E-state index contributed by atoms with van der Waals surface area (Å²) in [6.45, 7) is 7.16. The lowest BCUT2D eigenvalue weighted by molar-refractivity contribution is -0.0440. The van der Waals surface area contributed by atoms with E-state index in [0.717, 1.165) is 0 Å². The molecule has 1 fully saturated rings. The summed E-state index contributed by atoms with van der Waals surface area (Å²) in [5.41, 5.74) is 0. The van der Waals surface area contributed by atoms with Crippen molar-refractivity contribution in [3.05, 3.63) is 18.3 Å². The molecule has 20 heavy (non-hydrogen) atoms. The maximum atomic E-state index is 12.6. The lowest BCUT2D eigenvalue weighted by atomic mass is 10.3. The summed E-state index contributed by atoms with van der Waals surface area (Å²) < 4.78 is 32.4. The second kappa shape index (κ2) is 6.07. The van der Waals surface area contributed by atoms with Crippen LogP contribution in [0.15, 0.2) is 23.2 Å². The van der Waals surface area contributed by atoms with Gasteiger partial charge >= 0.3 is 0 Å². The molecule has 2 atom stereocenters. The van der Waals surface area contributed by atoms with Crippen molar-refractivity contribution in [3.8, 4) is 0 Å². The van der Waals surface area contributed by atoms with Crippen molar-refractivity contribution < 1.29 is 13.2 Å². The van der Waals surface area contributed by atoms with Crippen LogP contribution >= 0.6 is 0 Å². The van der Waals surface area contributed by atoms with Gasteiger partial charge in [-0.05, 0) is 26.8 Å². The van der Waals surface area contributed by atoms with Crippen LogP contribution in [0.4, 0.5) is 5.82 Å². The van der Waals surface area contributed by atoms with E-state index in [9.17, 15) is 8.42 Å². The van der Waals surface area contributed by atoms with E-state index in [1.54, 1.807) is 6.07 Å². The Morgan fingerprint density at radius 3 is 2.65 bits per heavy atom. The largest absolute Gasteiger partial charge is 0.373 e. The highest BCUT2D eigenvalue weighted by molar-refractivity contribution is 7.89. The standard InChI is InChI=1S/C13H21N3O3S/c1-4-14-13-7-12(5-6-15-13)20(17,18)16-8-10(2)19-11(3)9-16/h5-7,10-11H,4,8-9H2,1-3H3,(H,14,15). The molecule has 0 spiro atoms. The third-order valence-corrected chi connectivity index (χ3v) is 4.94. The van der Waals surface area contributed by atoms with Gasteiger partial charge in [0.2, 0.25) is 10.0 Å². The molecule has 0 bridgehead atoms. The van der Waals surface area contributed by atoms with Crippen molar-refractivity contribution in [2.24, 2.45) is 0 Å². The van der Waals surface area contributed by atoms with Gasteiger partial charge in [-0.15, -0.1) is 0 Å². The molecule has 112 valence electrons. The fourth-order valence-corrected chi connectivity index (χ4v) is 3.93. The molecular weight excluding hydrogens is 278 g/mol. The first-order valence-electron chi connectivity index (χ1n) is 6.79. The Morgan fingerprint density at radius 2 is 2.05 bits per heavy atom. The molecule has 7 heteroatoms. The fraction of sp³-hybridized carbons (Fsp3) is 0.615. The SMILES string of the molecule is CCNc1cc(S(=O)(=O)N2CC(C)OC(C)C2)ccn1. The number of hydrogen-bond acceptors (Lipinski definition) is 5. The monoisotopic (exact) mass is 299 g/mol. The highest BCUT2D eigenvalue weighted by Gasteiger charge is 2.32. The maximum Gasteiger partial charge on any atom is 0.243 e. The first-order valence-corrected chi connectivity index (χ1v) is 8.23. The highest BCUT2D eigenvalue weighted by Crippen LogP contribution is 2.22. The summed E-state index contributed by atoms with van der Waals surface area (Å²) in [6.07, 6.45) is 1.32. The molecule has 2 rings (SSSR count). The summed E-state index contributed by atoms with van der Waals surface area (Å²) >= 11 is 0. The first kappa shape index (κ1) is 15.2. The summed E-state index contributed by atoms with van der Waals surface area (Å²) in [7, 11) is -3.50. The Hall–Kier alpha value is -1.18. The van der Waals surface area contributed by atoms with Crippen LogP contribution in [0.1, 0.15) is 20.8 Å². The molecule has 0 aromatic carbocycles. The number of nitrogens with zero attached hydrogens (tertiary/aromatic N) is 2. The van der Waals surface area contributed by atoms with Gasteiger partial charge in [-0.3, -0.25) is 0 Å². The molecule has 1 aliphatic heterocycles. The zero-order valence-corrected chi connectivity index (χ0v) is 12.9. The van der Waals surface area contributed by atoms with Crippen LogP contribution in [-0.2, 0) is 14.8 Å². The molecule has 2 heterocycles. The fourth-order valence-electron chi connectivity index (χ4n) is 2.33. The van der Waals surface area contributed by atoms with Gasteiger partial charge in [0, 0.05) is 31.9 Å². The molecule has 1 N–H and O–H groups in total. The number of ether oxygens (including phenoxy) is 1. The van der Waals surface area contributed by atoms with Crippen LogP contribution in [0.25, 0.3) is 0 Å². The average Bonchev–Trinajstić information content (AvgIpc) is 2.38. The number of anilines is 1. The van der Waals surface area contributed by atoms with Gasteiger partial charge in [-0.1, -0.05) is 0 Å². The Bertz CT molecular complexity index is 552. The van der Waals surface area contributed by atoms with Gasteiger partial charge in [0.15, 0.2) is 0 Å². The van der Waals surface area contributed by atoms with Gasteiger partial charge in [-0.25, -0.2) is 13.4 Å². The van der Waals surface area contributed by atoms with Crippen LogP contribution < -0.4 is 5.32 Å². The Kier molecular flexibility index (Phi) is 4.62. The van der Waals surface area contributed by atoms with Crippen LogP contribution in [0, 0.1) is 0 Å². The topological polar surface area (TPSA) is 71.5 Å². The van der Waals surface area contributed by atoms with E-state index in [0.29, 0.717) is 25.5 Å². The Morgan fingerprint density at radius 1 is 1.40 bits per heavy atom. The van der Waals surface area contributed by atoms with Crippen molar-refractivity contribution in [2.75, 3.05) is 25.0 Å². The number of hydrogen-bond donors (Lipinski definition) is 1. The minimum absolute atomic E-state index is 0.0939. The first-order chi connectivity index (χ1) is 9.43. The van der Waals surface area contributed by atoms with Crippen LogP contribution in [-0.4, -0.2) is 49.5 Å². The molecule has 2 unspecified atom stereocenters. The van der Waals surface area contributed by atoms with Gasteiger partial charge < -0.3 is 10.1 Å². The van der Waals surface area contributed by atoms with Gasteiger partial charge in [0.05, 0.1) is 17.1 Å². The zero-order chi connectivity index (χ0) is 14.8. The zero-order valence-electron chi connectivity index (χ0n) is 12.0. The van der Waals surface area contributed by atoms with E-state index >= 15 is 0 Å². The molecule has 6 nitrogen and oxygen atoms in total. The van der Waals surface area contributed by atoms with E-state index in [1.165, 1.54) is 16.6 Å². The van der Waals surface area contributed by atoms with E-state index in [1.807, 2.05) is 20.8 Å². The summed E-state index contributed by atoms with van der Waals surface area (Å²) in [6, 6.07) is 3.10. The molecule has 0 radical (unpaired) electrons. The number of aromatic nitrogens is 1. The molecule has 0 amide bonds. The molecule has 0 aliphatic carbocycles. The van der Waals surface area contributed by atoms with Crippen LogP contribution in [0.2, 0.25) is 0 Å². The van der Waals surface area contributed by atoms with Crippen LogP contribution in [0.5, 0.6) is 0 Å². The van der Waals surface area contributed by atoms with Crippen LogP contribution in [0.3, 0.4) is 0 Å². The van der Waals surface area contributed by atoms with E-state index < -0.39 is 10.0 Å². The minimum Gasteiger partial charge on any atom is -0.373 e. The molecular formula is C13H21N3O3S. The molecule has 1 aromatic heterocycles. The summed E-state index contributed by atoms with van der Waals surface area (Å²) in [5, 5.41) is 3.02. The van der Waals surface area contributed by atoms with Gasteiger partial charge in [-0.2, -0.15) is 4.31 Å². The predicted octanol–water partition coefficient (Wildman–Crippen LogP) is 1.31. The lowest BCUT2D eigenvalue weighted by Crippen LogP contribution is -2.48. The quantitative estimate of drug-likeness (QED) is 0.907. The van der Waals surface area contributed by atoms with Crippen molar-refractivity contribution in [1.82, 2.24) is 9.29 Å². The Balaban J connectivity index is 2.27. The number of pyridine rings is 1. The highest BCUT2D eigenvalue weighted by atomic mass is 32.2. The van der Waals surface area contributed by atoms with E-state index in [4.69, 9.17) is 4.74 Å². The van der Waals surface area contributed by atoms with E-state index in [2.05, 4.69) is 10.3 Å². The molecule has 1 aliphatic rings. The van der Waals surface area contributed by atoms with Crippen molar-refractivity contribution in [2.45, 2.75) is 37.9 Å². The maximum absolute atomic E-state index is 12.6. The van der Waals surface area contributed by atoms with Gasteiger partial charge in [0.25, 0.3) is 0 Å². The third kappa shape index (κ3) is 3.28. The van der Waals surface area contributed by atoms with Crippen molar-refractivity contribution in [3.63, 3.8) is 0 Å². The smallest absolute Gasteiger partial charge is 0.243 e. The molecule has 1 aromatic rings.